The summed E-state index contributed by atoms with van der Waals surface area (Å²) in [5.41, 5.74) is 4.81. The van der Waals surface area contributed by atoms with Gasteiger partial charge >= 0.3 is 0 Å². The average Bonchev–Trinajstić information content (AvgIpc) is 2.28. The van der Waals surface area contributed by atoms with Gasteiger partial charge in [0.05, 0.1) is 5.60 Å². The normalized spacial score (nSPS) is 17.4. The molecule has 2 unspecified atom stereocenters. The van der Waals surface area contributed by atoms with E-state index in [0.717, 1.165) is 32.4 Å². The number of rotatable bonds is 9. The minimum Gasteiger partial charge on any atom is -0.389 e. The highest BCUT2D eigenvalue weighted by Crippen LogP contribution is 2.13. The minimum absolute atomic E-state index is 0.357. The molecule has 0 bridgehead atoms. The summed E-state index contributed by atoms with van der Waals surface area (Å²) in [5.74, 6) is 0. The predicted octanol–water partition coefficient (Wildman–Crippen LogP) is 1.99. The van der Waals surface area contributed by atoms with Crippen molar-refractivity contribution in [1.82, 2.24) is 4.90 Å². The van der Waals surface area contributed by atoms with Gasteiger partial charge in [-0.15, -0.1) is 0 Å². The molecule has 0 radical (unpaired) electrons. The summed E-state index contributed by atoms with van der Waals surface area (Å²) < 4.78 is 0. The van der Waals surface area contributed by atoms with Gasteiger partial charge in [-0.3, -0.25) is 0 Å². The highest BCUT2D eigenvalue weighted by atomic mass is 16.3. The van der Waals surface area contributed by atoms with Gasteiger partial charge < -0.3 is 15.7 Å². The molecule has 0 aromatic carbocycles. The third kappa shape index (κ3) is 6.46. The van der Waals surface area contributed by atoms with Gasteiger partial charge in [0, 0.05) is 12.6 Å². The Labute approximate surface area is 101 Å². The summed E-state index contributed by atoms with van der Waals surface area (Å²) in [5, 5.41) is 9.76. The van der Waals surface area contributed by atoms with Gasteiger partial charge in [-0.1, -0.05) is 13.8 Å². The van der Waals surface area contributed by atoms with E-state index in [9.17, 15) is 5.11 Å². The Morgan fingerprint density at radius 2 is 1.94 bits per heavy atom. The number of nitrogens with two attached hydrogens (primary N) is 1. The molecule has 0 saturated carbocycles. The van der Waals surface area contributed by atoms with E-state index in [-0.39, 0.29) is 0 Å². The van der Waals surface area contributed by atoms with Gasteiger partial charge in [-0.2, -0.15) is 0 Å². The Bertz CT molecular complexity index is 171. The van der Waals surface area contributed by atoms with Crippen LogP contribution in [0.5, 0.6) is 0 Å². The maximum atomic E-state index is 9.76. The van der Waals surface area contributed by atoms with Gasteiger partial charge in [-0.05, 0) is 52.6 Å². The van der Waals surface area contributed by atoms with Crippen LogP contribution in [-0.4, -0.2) is 41.3 Å². The summed E-state index contributed by atoms with van der Waals surface area (Å²) >= 11 is 0. The maximum Gasteiger partial charge on any atom is 0.0741 e. The van der Waals surface area contributed by atoms with Crippen LogP contribution in [0.2, 0.25) is 0 Å². The lowest BCUT2D eigenvalue weighted by molar-refractivity contribution is 0.0559. The van der Waals surface area contributed by atoms with Gasteiger partial charge in [0.2, 0.25) is 0 Å². The maximum absolute atomic E-state index is 9.76. The van der Waals surface area contributed by atoms with Crippen LogP contribution >= 0.6 is 0 Å². The zero-order valence-electron chi connectivity index (χ0n) is 11.5. The summed E-state index contributed by atoms with van der Waals surface area (Å²) in [6, 6.07) is 0.667. The van der Waals surface area contributed by atoms with Gasteiger partial charge in [-0.25, -0.2) is 0 Å². The number of hydrogen-bond acceptors (Lipinski definition) is 3. The molecule has 3 nitrogen and oxygen atoms in total. The second-order valence-corrected chi connectivity index (χ2v) is 5.04. The number of unbranched alkanes of at least 4 members (excludes halogenated alkanes) is 1. The second kappa shape index (κ2) is 8.04. The molecule has 2 atom stereocenters. The van der Waals surface area contributed by atoms with Crippen LogP contribution in [0.3, 0.4) is 0 Å². The Hall–Kier alpha value is -0.120. The SMILES string of the molecule is CCC(C)N(CC)CCCCC(C)(O)CN. The van der Waals surface area contributed by atoms with E-state index in [4.69, 9.17) is 5.73 Å². The molecule has 0 saturated heterocycles. The van der Waals surface area contributed by atoms with Crippen molar-refractivity contribution in [3.8, 4) is 0 Å². The van der Waals surface area contributed by atoms with E-state index >= 15 is 0 Å². The molecule has 0 heterocycles. The molecular weight excluding hydrogens is 200 g/mol. The highest BCUT2D eigenvalue weighted by Gasteiger charge is 2.17. The van der Waals surface area contributed by atoms with Crippen molar-refractivity contribution in [3.05, 3.63) is 0 Å². The third-order valence-corrected chi connectivity index (χ3v) is 3.47. The standard InChI is InChI=1S/C13H30N2O/c1-5-12(3)15(6-2)10-8-7-9-13(4,16)11-14/h12,16H,5-11,14H2,1-4H3. The molecule has 0 fully saturated rings. The topological polar surface area (TPSA) is 49.5 Å². The molecule has 0 aliphatic rings. The van der Waals surface area contributed by atoms with Crippen LogP contribution in [0.4, 0.5) is 0 Å². The quantitative estimate of drug-likeness (QED) is 0.596. The minimum atomic E-state index is -0.673. The predicted molar refractivity (Wildman–Crippen MR) is 70.5 cm³/mol. The molecule has 3 N–H and O–H groups in total. The van der Waals surface area contributed by atoms with Crippen LogP contribution in [0.1, 0.15) is 53.4 Å². The number of hydrogen-bond donors (Lipinski definition) is 2. The number of nitrogens with zero attached hydrogens (tertiary/aromatic N) is 1. The first-order valence-electron chi connectivity index (χ1n) is 6.63. The summed E-state index contributed by atoms with van der Waals surface area (Å²) in [6.45, 7) is 11.1. The Morgan fingerprint density at radius 1 is 1.31 bits per heavy atom. The molecular formula is C13H30N2O. The largest absolute Gasteiger partial charge is 0.389 e. The first-order valence-corrected chi connectivity index (χ1v) is 6.63. The van der Waals surface area contributed by atoms with Crippen molar-refractivity contribution in [3.63, 3.8) is 0 Å². The van der Waals surface area contributed by atoms with Crippen LogP contribution in [-0.2, 0) is 0 Å². The summed E-state index contributed by atoms with van der Waals surface area (Å²) in [7, 11) is 0. The first-order chi connectivity index (χ1) is 7.46. The van der Waals surface area contributed by atoms with E-state index in [2.05, 4.69) is 25.7 Å². The lowest BCUT2D eigenvalue weighted by Crippen LogP contribution is -2.35. The third-order valence-electron chi connectivity index (χ3n) is 3.47. The van der Waals surface area contributed by atoms with Crippen molar-refractivity contribution in [2.45, 2.75) is 65.0 Å². The molecule has 0 aromatic heterocycles. The van der Waals surface area contributed by atoms with Crippen LogP contribution in [0.15, 0.2) is 0 Å². The van der Waals surface area contributed by atoms with E-state index in [0.29, 0.717) is 12.6 Å². The van der Waals surface area contributed by atoms with E-state index in [1.54, 1.807) is 0 Å². The smallest absolute Gasteiger partial charge is 0.0741 e. The monoisotopic (exact) mass is 230 g/mol. The van der Waals surface area contributed by atoms with E-state index in [1.807, 2.05) is 6.92 Å². The second-order valence-electron chi connectivity index (χ2n) is 5.04. The van der Waals surface area contributed by atoms with Crippen molar-refractivity contribution >= 4 is 0 Å². The van der Waals surface area contributed by atoms with Crippen molar-refractivity contribution < 1.29 is 5.11 Å². The zero-order valence-corrected chi connectivity index (χ0v) is 11.5. The lowest BCUT2D eigenvalue weighted by atomic mass is 9.99. The van der Waals surface area contributed by atoms with Crippen LogP contribution in [0, 0.1) is 0 Å². The molecule has 3 heteroatoms. The van der Waals surface area contributed by atoms with Gasteiger partial charge in [0.1, 0.15) is 0 Å². The van der Waals surface area contributed by atoms with Crippen LogP contribution < -0.4 is 5.73 Å². The first kappa shape index (κ1) is 15.9. The average molecular weight is 230 g/mol. The Morgan fingerprint density at radius 3 is 2.38 bits per heavy atom. The molecule has 0 rings (SSSR count). The fraction of sp³-hybridized carbons (Fsp3) is 1.00. The fourth-order valence-corrected chi connectivity index (χ4v) is 1.87. The highest BCUT2D eigenvalue weighted by molar-refractivity contribution is 4.73. The molecule has 0 amide bonds. The fourth-order valence-electron chi connectivity index (χ4n) is 1.87. The van der Waals surface area contributed by atoms with Crippen molar-refractivity contribution in [1.29, 1.82) is 0 Å². The van der Waals surface area contributed by atoms with Crippen LogP contribution in [0.25, 0.3) is 0 Å². The molecule has 0 aromatic rings. The summed E-state index contributed by atoms with van der Waals surface area (Å²) in [4.78, 5) is 2.50. The summed E-state index contributed by atoms with van der Waals surface area (Å²) in [6.07, 6.45) is 4.21. The molecule has 0 spiro atoms. The lowest BCUT2D eigenvalue weighted by Gasteiger charge is -2.27. The molecule has 16 heavy (non-hydrogen) atoms. The number of aliphatic hydroxyl groups is 1. The molecule has 98 valence electrons. The van der Waals surface area contributed by atoms with Gasteiger partial charge in [0.25, 0.3) is 0 Å². The van der Waals surface area contributed by atoms with Crippen molar-refractivity contribution in [2.75, 3.05) is 19.6 Å². The molecule has 0 aliphatic carbocycles. The van der Waals surface area contributed by atoms with E-state index < -0.39 is 5.60 Å². The van der Waals surface area contributed by atoms with Crippen molar-refractivity contribution in [2.24, 2.45) is 5.73 Å². The Kier molecular flexibility index (Phi) is 7.98. The molecule has 0 aliphatic heterocycles. The Balaban J connectivity index is 3.71. The zero-order chi connectivity index (χ0) is 12.6. The van der Waals surface area contributed by atoms with Gasteiger partial charge in [0.15, 0.2) is 0 Å². The van der Waals surface area contributed by atoms with E-state index in [1.165, 1.54) is 6.42 Å².